The highest BCUT2D eigenvalue weighted by Crippen LogP contribution is 2.04. The van der Waals surface area contributed by atoms with E-state index in [0.717, 1.165) is 12.8 Å². The lowest BCUT2D eigenvalue weighted by Gasteiger charge is -2.07. The highest BCUT2D eigenvalue weighted by Gasteiger charge is 2.00. The molecule has 0 rings (SSSR count). The van der Waals surface area contributed by atoms with Gasteiger partial charge in [-0.15, -0.1) is 0 Å². The normalized spacial score (nSPS) is 9.64. The summed E-state index contributed by atoms with van der Waals surface area (Å²) in [6.45, 7) is 15.2. The molecule has 28 heavy (non-hydrogen) atoms. The molecule has 0 aromatic heterocycles. The summed E-state index contributed by atoms with van der Waals surface area (Å²) in [5, 5.41) is 2.86. The predicted octanol–water partition coefficient (Wildman–Crippen LogP) is 4.54. The first kappa shape index (κ1) is 31.7. The van der Waals surface area contributed by atoms with E-state index in [0.29, 0.717) is 59.0 Å². The highest BCUT2D eigenvalue weighted by atomic mass is 16.5. The van der Waals surface area contributed by atoms with Crippen LogP contribution in [0.1, 0.15) is 86.5 Å². The summed E-state index contributed by atoms with van der Waals surface area (Å²) in [5.74, 6) is 0.238. The van der Waals surface area contributed by atoms with Gasteiger partial charge in [-0.25, -0.2) is 0 Å². The van der Waals surface area contributed by atoms with Gasteiger partial charge in [0.2, 0.25) is 5.91 Å². The topological polar surface area (TPSA) is 73.9 Å². The fourth-order valence-corrected chi connectivity index (χ4v) is 2.00. The molecule has 0 aliphatic heterocycles. The molecule has 0 fully saturated rings. The van der Waals surface area contributed by atoms with E-state index in [-0.39, 0.29) is 11.7 Å². The number of carbonyl (C=O) groups is 2. The molecule has 0 radical (unpaired) electrons. The fourth-order valence-electron chi connectivity index (χ4n) is 2.00. The van der Waals surface area contributed by atoms with Crippen molar-refractivity contribution in [3.63, 3.8) is 0 Å². The van der Waals surface area contributed by atoms with Crippen LogP contribution in [-0.4, -0.2) is 57.9 Å². The first-order chi connectivity index (χ1) is 13.7. The van der Waals surface area contributed by atoms with Gasteiger partial charge in [0.05, 0.1) is 39.6 Å². The van der Waals surface area contributed by atoms with Crippen molar-refractivity contribution >= 4 is 11.7 Å². The molecule has 1 N–H and O–H groups in total. The van der Waals surface area contributed by atoms with Crippen molar-refractivity contribution in [2.24, 2.45) is 0 Å². The Morgan fingerprint density at radius 3 is 1.71 bits per heavy atom. The summed E-state index contributed by atoms with van der Waals surface area (Å²) >= 11 is 0. The summed E-state index contributed by atoms with van der Waals surface area (Å²) in [5.41, 5.74) is 0. The average molecular weight is 406 g/mol. The quantitative estimate of drug-likeness (QED) is 0.339. The second kappa shape index (κ2) is 30.7. The number of carbonyl (C=O) groups excluding carboxylic acids is 2. The number of hydrogen-bond acceptors (Lipinski definition) is 5. The molecular formula is C22H47NO5. The van der Waals surface area contributed by atoms with E-state index in [1.807, 2.05) is 27.7 Å². The third-order valence-corrected chi connectivity index (χ3v) is 3.42. The highest BCUT2D eigenvalue weighted by molar-refractivity contribution is 5.75. The fraction of sp³-hybridized carbons (Fsp3) is 0.909. The minimum atomic E-state index is 0.106. The molecule has 6 heteroatoms. The molecular weight excluding hydrogens is 358 g/mol. The lowest BCUT2D eigenvalue weighted by molar-refractivity contribution is -0.121. The Kier molecular flexibility index (Phi) is 34.8. The van der Waals surface area contributed by atoms with E-state index < -0.39 is 0 Å². The van der Waals surface area contributed by atoms with Crippen molar-refractivity contribution in [3.05, 3.63) is 0 Å². The van der Waals surface area contributed by atoms with Gasteiger partial charge in [-0.05, 0) is 13.3 Å². The van der Waals surface area contributed by atoms with Crippen molar-refractivity contribution in [2.75, 3.05) is 46.2 Å². The molecule has 6 nitrogen and oxygen atoms in total. The van der Waals surface area contributed by atoms with Gasteiger partial charge in [-0.2, -0.15) is 0 Å². The van der Waals surface area contributed by atoms with Gasteiger partial charge in [0.15, 0.2) is 0 Å². The molecule has 0 aliphatic rings. The Bertz CT molecular complexity index is 311. The van der Waals surface area contributed by atoms with Gasteiger partial charge in [-0.1, -0.05) is 60.3 Å². The predicted molar refractivity (Wildman–Crippen MR) is 117 cm³/mol. The van der Waals surface area contributed by atoms with Crippen LogP contribution >= 0.6 is 0 Å². The maximum absolute atomic E-state index is 11.6. The summed E-state index contributed by atoms with van der Waals surface area (Å²) in [4.78, 5) is 22.2. The standard InChI is InChI=1S/C18H35NO5.2C2H6/c1-3-4-5-6-7-8-18(21)19-10-12-23-14-16-24-15-13-22-11-9-17(2)20;2*1-2/h3-16H2,1-2H3,(H,19,21);2*1-2H3. The molecule has 0 bridgehead atoms. The van der Waals surface area contributed by atoms with Crippen molar-refractivity contribution in [1.82, 2.24) is 5.32 Å². The zero-order chi connectivity index (χ0) is 21.9. The maximum Gasteiger partial charge on any atom is 0.220 e. The molecule has 0 atom stereocenters. The van der Waals surface area contributed by atoms with Crippen molar-refractivity contribution < 1.29 is 23.8 Å². The number of amides is 1. The molecule has 0 unspecified atom stereocenters. The Morgan fingerprint density at radius 1 is 0.679 bits per heavy atom. The van der Waals surface area contributed by atoms with E-state index in [4.69, 9.17) is 14.2 Å². The molecule has 1 amide bonds. The van der Waals surface area contributed by atoms with Gasteiger partial charge < -0.3 is 19.5 Å². The van der Waals surface area contributed by atoms with Crippen LogP contribution in [0.4, 0.5) is 0 Å². The van der Waals surface area contributed by atoms with Crippen LogP contribution in [-0.2, 0) is 23.8 Å². The third-order valence-electron chi connectivity index (χ3n) is 3.42. The Balaban J connectivity index is -0.00000146. The van der Waals surface area contributed by atoms with Gasteiger partial charge in [0.25, 0.3) is 0 Å². The number of ketones is 1. The summed E-state index contributed by atoms with van der Waals surface area (Å²) in [6, 6.07) is 0. The number of Topliss-reactive ketones (excluding diaryl/α,β-unsaturated/α-hetero) is 1. The Morgan fingerprint density at radius 2 is 1.18 bits per heavy atom. The SMILES string of the molecule is CC.CC.CCCCCCCC(=O)NCCOCCOCCOCCC(C)=O. The minimum Gasteiger partial charge on any atom is -0.379 e. The number of hydrogen-bond donors (Lipinski definition) is 1. The number of ether oxygens (including phenoxy) is 3. The second-order valence-corrected chi connectivity index (χ2v) is 5.80. The first-order valence-electron chi connectivity index (χ1n) is 11.2. The smallest absolute Gasteiger partial charge is 0.220 e. The zero-order valence-corrected chi connectivity index (χ0v) is 19.4. The van der Waals surface area contributed by atoms with Crippen molar-refractivity contribution in [1.29, 1.82) is 0 Å². The summed E-state index contributed by atoms with van der Waals surface area (Å²) in [6.07, 6.45) is 6.85. The van der Waals surface area contributed by atoms with Crippen LogP contribution in [0.15, 0.2) is 0 Å². The molecule has 0 aliphatic carbocycles. The molecule has 0 aromatic rings. The van der Waals surface area contributed by atoms with Gasteiger partial charge in [-0.3, -0.25) is 9.59 Å². The largest absolute Gasteiger partial charge is 0.379 e. The van der Waals surface area contributed by atoms with Crippen LogP contribution < -0.4 is 5.32 Å². The van der Waals surface area contributed by atoms with Crippen LogP contribution in [0.2, 0.25) is 0 Å². The Labute approximate surface area is 174 Å². The lowest BCUT2D eigenvalue weighted by Crippen LogP contribution is -2.27. The molecule has 0 aromatic carbocycles. The van der Waals surface area contributed by atoms with Crippen molar-refractivity contribution in [3.8, 4) is 0 Å². The number of unbranched alkanes of at least 4 members (excludes halogenated alkanes) is 4. The monoisotopic (exact) mass is 405 g/mol. The van der Waals surface area contributed by atoms with E-state index in [1.165, 1.54) is 19.3 Å². The van der Waals surface area contributed by atoms with E-state index in [2.05, 4.69) is 12.2 Å². The van der Waals surface area contributed by atoms with Gasteiger partial charge in [0.1, 0.15) is 5.78 Å². The number of nitrogens with one attached hydrogen (secondary N) is 1. The molecule has 170 valence electrons. The van der Waals surface area contributed by atoms with Crippen molar-refractivity contribution in [2.45, 2.75) is 86.5 Å². The molecule has 0 saturated heterocycles. The van der Waals surface area contributed by atoms with Gasteiger partial charge in [0, 0.05) is 19.4 Å². The summed E-state index contributed by atoms with van der Waals surface area (Å²) < 4.78 is 15.9. The molecule has 0 spiro atoms. The van der Waals surface area contributed by atoms with Gasteiger partial charge >= 0.3 is 0 Å². The lowest BCUT2D eigenvalue weighted by atomic mass is 10.1. The van der Waals surface area contributed by atoms with E-state index in [9.17, 15) is 9.59 Å². The van der Waals surface area contributed by atoms with E-state index >= 15 is 0 Å². The molecule has 0 heterocycles. The van der Waals surface area contributed by atoms with Crippen LogP contribution in [0.25, 0.3) is 0 Å². The van der Waals surface area contributed by atoms with Crippen LogP contribution in [0, 0.1) is 0 Å². The Hall–Kier alpha value is -0.980. The number of rotatable bonds is 18. The maximum atomic E-state index is 11.6. The molecule has 0 saturated carbocycles. The zero-order valence-electron chi connectivity index (χ0n) is 19.4. The third kappa shape index (κ3) is 32.7. The van der Waals surface area contributed by atoms with Crippen LogP contribution in [0.3, 0.4) is 0 Å². The summed E-state index contributed by atoms with van der Waals surface area (Å²) in [7, 11) is 0. The minimum absolute atomic E-state index is 0.106. The first-order valence-corrected chi connectivity index (χ1v) is 11.2. The van der Waals surface area contributed by atoms with Crippen LogP contribution in [0.5, 0.6) is 0 Å². The van der Waals surface area contributed by atoms with E-state index in [1.54, 1.807) is 6.92 Å². The average Bonchev–Trinajstić information content (AvgIpc) is 2.71. The second-order valence-electron chi connectivity index (χ2n) is 5.80.